The second-order valence-electron chi connectivity index (χ2n) is 4.61. The van der Waals surface area contributed by atoms with Gasteiger partial charge in [-0.1, -0.05) is 6.07 Å². The van der Waals surface area contributed by atoms with E-state index >= 15 is 0 Å². The number of halogens is 2. The maximum Gasteiger partial charge on any atom is 0.125 e. The van der Waals surface area contributed by atoms with Gasteiger partial charge in [-0.25, -0.2) is 8.78 Å². The average molecular weight is 302 g/mol. The van der Waals surface area contributed by atoms with Crippen LogP contribution in [0.15, 0.2) is 53.6 Å². The highest BCUT2D eigenvalue weighted by Gasteiger charge is 2.08. The van der Waals surface area contributed by atoms with Crippen LogP contribution in [0.3, 0.4) is 0 Å². The van der Waals surface area contributed by atoms with Crippen LogP contribution in [0.2, 0.25) is 0 Å². The number of anilines is 1. The van der Waals surface area contributed by atoms with Crippen molar-refractivity contribution in [3.8, 4) is 0 Å². The average Bonchev–Trinajstić information content (AvgIpc) is 2.46. The molecule has 21 heavy (non-hydrogen) atoms. The Morgan fingerprint density at radius 3 is 2.71 bits per heavy atom. The highest BCUT2D eigenvalue weighted by molar-refractivity contribution is 7.98. The van der Waals surface area contributed by atoms with E-state index < -0.39 is 0 Å². The first-order chi connectivity index (χ1) is 10.1. The van der Waals surface area contributed by atoms with Gasteiger partial charge in [0.25, 0.3) is 0 Å². The van der Waals surface area contributed by atoms with Crippen molar-refractivity contribution in [2.24, 2.45) is 0 Å². The molecule has 1 aromatic heterocycles. The molecule has 0 saturated carbocycles. The number of fused-ring (bicyclic) bond motifs is 1. The van der Waals surface area contributed by atoms with Crippen molar-refractivity contribution < 1.29 is 8.78 Å². The van der Waals surface area contributed by atoms with Crippen LogP contribution >= 0.6 is 11.8 Å². The zero-order chi connectivity index (χ0) is 14.8. The minimum atomic E-state index is -0.366. The number of aromatic nitrogens is 1. The predicted molar refractivity (Wildman–Crippen MR) is 82.1 cm³/mol. The predicted octanol–water partition coefficient (Wildman–Crippen LogP) is 4.39. The summed E-state index contributed by atoms with van der Waals surface area (Å²) >= 11 is 1.43. The maximum absolute atomic E-state index is 13.6. The van der Waals surface area contributed by atoms with Crippen LogP contribution in [-0.4, -0.2) is 4.98 Å². The van der Waals surface area contributed by atoms with Crippen molar-refractivity contribution in [3.05, 3.63) is 65.9 Å². The third-order valence-electron chi connectivity index (χ3n) is 3.10. The molecule has 3 rings (SSSR count). The lowest BCUT2D eigenvalue weighted by Gasteiger charge is -2.08. The van der Waals surface area contributed by atoms with Gasteiger partial charge in [0, 0.05) is 27.9 Å². The van der Waals surface area contributed by atoms with Gasteiger partial charge in [-0.15, -0.1) is 11.8 Å². The number of nitrogens with zero attached hydrogens (tertiary/aromatic N) is 1. The number of hydrogen-bond donors (Lipinski definition) is 1. The molecule has 0 saturated heterocycles. The van der Waals surface area contributed by atoms with E-state index in [0.29, 0.717) is 11.4 Å². The zero-order valence-electron chi connectivity index (χ0n) is 11.0. The van der Waals surface area contributed by atoms with Crippen LogP contribution in [0, 0.1) is 11.6 Å². The third-order valence-corrected chi connectivity index (χ3v) is 4.24. The molecule has 0 amide bonds. The largest absolute Gasteiger partial charge is 0.398 e. The fraction of sp³-hybridized carbons (Fsp3) is 0.0625. The van der Waals surface area contributed by atoms with E-state index in [-0.39, 0.29) is 11.6 Å². The Hall–Kier alpha value is -2.14. The molecule has 5 heteroatoms. The molecule has 0 bridgehead atoms. The molecule has 0 unspecified atom stereocenters. The topological polar surface area (TPSA) is 38.9 Å². The number of nitrogen functional groups attached to an aromatic ring is 1. The van der Waals surface area contributed by atoms with Crippen molar-refractivity contribution >= 4 is 28.4 Å². The second kappa shape index (κ2) is 5.69. The number of hydrogen-bond acceptors (Lipinski definition) is 3. The minimum absolute atomic E-state index is 0.293. The van der Waals surface area contributed by atoms with Gasteiger partial charge in [0.15, 0.2) is 0 Å². The first-order valence-electron chi connectivity index (χ1n) is 6.34. The summed E-state index contributed by atoms with van der Waals surface area (Å²) in [6.45, 7) is 0. The number of pyridine rings is 1. The SMILES string of the molecule is Nc1cc(F)ccc1SCc1cc(F)cc2cccnc12. The minimum Gasteiger partial charge on any atom is -0.398 e. The standard InChI is InChI=1S/C16H12F2N2S/c17-12-3-4-15(14(19)8-12)21-9-11-7-13(18)6-10-2-1-5-20-16(10)11/h1-8H,9,19H2. The summed E-state index contributed by atoms with van der Waals surface area (Å²) in [5, 5.41) is 0.764. The normalized spacial score (nSPS) is 11.0. The molecule has 2 nitrogen and oxygen atoms in total. The summed E-state index contributed by atoms with van der Waals surface area (Å²) < 4.78 is 26.7. The molecule has 3 aromatic rings. The monoisotopic (exact) mass is 302 g/mol. The van der Waals surface area contributed by atoms with Crippen LogP contribution in [-0.2, 0) is 5.75 Å². The molecule has 0 aliphatic carbocycles. The lowest BCUT2D eigenvalue weighted by Crippen LogP contribution is -1.92. The van der Waals surface area contributed by atoms with Crippen molar-refractivity contribution in [2.75, 3.05) is 5.73 Å². The molecule has 0 aliphatic heterocycles. The van der Waals surface area contributed by atoms with Gasteiger partial charge in [0.1, 0.15) is 11.6 Å². The van der Waals surface area contributed by atoms with E-state index in [1.165, 1.54) is 36.0 Å². The molecule has 106 valence electrons. The summed E-state index contributed by atoms with van der Waals surface area (Å²) in [4.78, 5) is 5.07. The molecule has 0 aliphatic rings. The highest BCUT2D eigenvalue weighted by Crippen LogP contribution is 2.31. The van der Waals surface area contributed by atoms with E-state index in [0.717, 1.165) is 21.4 Å². The fourth-order valence-electron chi connectivity index (χ4n) is 2.14. The summed E-state index contributed by atoms with van der Waals surface area (Å²) in [7, 11) is 0. The molecule has 0 spiro atoms. The van der Waals surface area contributed by atoms with Gasteiger partial charge in [0.2, 0.25) is 0 Å². The van der Waals surface area contributed by atoms with Gasteiger partial charge in [-0.2, -0.15) is 0 Å². The highest BCUT2D eigenvalue weighted by atomic mass is 32.2. The first kappa shape index (κ1) is 13.8. The van der Waals surface area contributed by atoms with Crippen LogP contribution < -0.4 is 5.73 Å². The first-order valence-corrected chi connectivity index (χ1v) is 7.33. The molecule has 1 heterocycles. The van der Waals surface area contributed by atoms with Gasteiger partial charge in [-0.05, 0) is 42.0 Å². The fourth-order valence-corrected chi connectivity index (χ4v) is 3.06. The smallest absolute Gasteiger partial charge is 0.125 e. The van der Waals surface area contributed by atoms with E-state index in [1.54, 1.807) is 18.3 Å². The Morgan fingerprint density at radius 2 is 1.90 bits per heavy atom. The van der Waals surface area contributed by atoms with E-state index in [4.69, 9.17) is 5.73 Å². The lowest BCUT2D eigenvalue weighted by atomic mass is 10.1. The van der Waals surface area contributed by atoms with Crippen molar-refractivity contribution in [3.63, 3.8) is 0 Å². The Balaban J connectivity index is 1.91. The van der Waals surface area contributed by atoms with Crippen molar-refractivity contribution in [2.45, 2.75) is 10.6 Å². The summed E-state index contributed by atoms with van der Waals surface area (Å²) in [6, 6.07) is 10.8. The van der Waals surface area contributed by atoms with E-state index in [1.807, 2.05) is 6.07 Å². The maximum atomic E-state index is 13.6. The summed E-state index contributed by atoms with van der Waals surface area (Å²) in [5.74, 6) is -0.144. The van der Waals surface area contributed by atoms with Gasteiger partial charge in [0.05, 0.1) is 5.52 Å². The number of thioether (sulfide) groups is 1. The van der Waals surface area contributed by atoms with Crippen LogP contribution in [0.5, 0.6) is 0 Å². The van der Waals surface area contributed by atoms with Crippen LogP contribution in [0.4, 0.5) is 14.5 Å². The molecular formula is C16H12F2N2S. The molecule has 2 aromatic carbocycles. The van der Waals surface area contributed by atoms with Crippen molar-refractivity contribution in [1.29, 1.82) is 0 Å². The Labute approximate surface area is 125 Å². The lowest BCUT2D eigenvalue weighted by molar-refractivity contribution is 0.627. The van der Waals surface area contributed by atoms with Gasteiger partial charge >= 0.3 is 0 Å². The summed E-state index contributed by atoms with van der Waals surface area (Å²) in [5.41, 5.74) is 7.72. The Morgan fingerprint density at radius 1 is 1.05 bits per heavy atom. The zero-order valence-corrected chi connectivity index (χ0v) is 11.8. The molecule has 2 N–H and O–H groups in total. The third kappa shape index (κ3) is 2.97. The Kier molecular flexibility index (Phi) is 3.75. The van der Waals surface area contributed by atoms with Gasteiger partial charge < -0.3 is 5.73 Å². The molecule has 0 atom stereocenters. The summed E-state index contributed by atoms with van der Waals surface area (Å²) in [6.07, 6.45) is 1.68. The van der Waals surface area contributed by atoms with Crippen molar-refractivity contribution in [1.82, 2.24) is 4.98 Å². The van der Waals surface area contributed by atoms with E-state index in [2.05, 4.69) is 4.98 Å². The van der Waals surface area contributed by atoms with Crippen LogP contribution in [0.25, 0.3) is 10.9 Å². The second-order valence-corrected chi connectivity index (χ2v) is 5.63. The number of benzene rings is 2. The molecular weight excluding hydrogens is 290 g/mol. The molecule has 0 fully saturated rings. The Bertz CT molecular complexity index is 805. The quantitative estimate of drug-likeness (QED) is 0.576. The van der Waals surface area contributed by atoms with Crippen LogP contribution in [0.1, 0.15) is 5.56 Å². The molecule has 0 radical (unpaired) electrons. The van der Waals surface area contributed by atoms with Gasteiger partial charge in [-0.3, -0.25) is 4.98 Å². The number of rotatable bonds is 3. The van der Waals surface area contributed by atoms with E-state index in [9.17, 15) is 8.78 Å². The number of nitrogens with two attached hydrogens (primary N) is 1.